The quantitative estimate of drug-likeness (QED) is 0.702. The minimum atomic E-state index is 0. The number of benzene rings is 1. The zero-order valence-electron chi connectivity index (χ0n) is 12.5. The zero-order valence-corrected chi connectivity index (χ0v) is 14.1. The van der Waals surface area contributed by atoms with Crippen molar-refractivity contribution < 1.29 is 22.1 Å². The number of halogens is 1. The van der Waals surface area contributed by atoms with Crippen LogP contribution in [0.5, 0.6) is 0 Å². The number of hydrogen-bond donors (Lipinski definition) is 1. The molecule has 4 heteroatoms. The highest BCUT2D eigenvalue weighted by atomic mass is 79.9. The summed E-state index contributed by atoms with van der Waals surface area (Å²) < 4.78 is 0. The lowest BCUT2D eigenvalue weighted by molar-refractivity contribution is -0.00000503. The minimum absolute atomic E-state index is 0. The fraction of sp³-hybridized carbons (Fsp3) is 0.333. The Hall–Kier alpha value is -1.45. The van der Waals surface area contributed by atoms with E-state index in [9.17, 15) is 5.11 Å². The first-order chi connectivity index (χ1) is 10.3. The van der Waals surface area contributed by atoms with Crippen molar-refractivity contribution in [3.63, 3.8) is 0 Å². The molecule has 2 heterocycles. The topological polar surface area (TPSA) is 26.7 Å². The normalized spacial score (nSPS) is 23.4. The van der Waals surface area contributed by atoms with Gasteiger partial charge in [-0.1, -0.05) is 12.1 Å². The third kappa shape index (κ3) is 2.15. The monoisotopic (exact) mass is 358 g/mol. The average Bonchev–Trinajstić information content (AvgIpc) is 3.00. The van der Waals surface area contributed by atoms with E-state index >= 15 is 0 Å². The number of anilines is 1. The number of allylic oxidation sites excluding steroid dienone is 4. The molecule has 0 aromatic heterocycles. The molecule has 1 fully saturated rings. The number of para-hydroxylation sites is 1. The van der Waals surface area contributed by atoms with E-state index in [0.29, 0.717) is 0 Å². The van der Waals surface area contributed by atoms with Crippen molar-refractivity contribution in [3.8, 4) is 0 Å². The van der Waals surface area contributed by atoms with Crippen LogP contribution in [-0.2, 0) is 0 Å². The molecule has 22 heavy (non-hydrogen) atoms. The third-order valence-corrected chi connectivity index (χ3v) is 4.69. The van der Waals surface area contributed by atoms with Gasteiger partial charge >= 0.3 is 0 Å². The molecule has 0 saturated carbocycles. The number of fused-ring (bicyclic) bond motifs is 6. The number of aliphatic hydroxyl groups is 1. The van der Waals surface area contributed by atoms with Gasteiger partial charge in [0.2, 0.25) is 0 Å². The van der Waals surface area contributed by atoms with Crippen LogP contribution in [0, 0.1) is 6.08 Å². The Morgan fingerprint density at radius 1 is 1.32 bits per heavy atom. The Bertz CT molecular complexity index is 665. The number of rotatable bonds is 2. The second-order valence-electron chi connectivity index (χ2n) is 5.85. The molecule has 1 saturated heterocycles. The van der Waals surface area contributed by atoms with Crippen molar-refractivity contribution in [2.45, 2.75) is 19.1 Å². The van der Waals surface area contributed by atoms with Gasteiger partial charge in [0.05, 0.1) is 29.5 Å². The molecule has 2 atom stereocenters. The predicted octanol–water partition coefficient (Wildman–Crippen LogP) is -0.784. The molecule has 2 aliphatic heterocycles. The molecule has 0 amide bonds. The van der Waals surface area contributed by atoms with Gasteiger partial charge in [-0.25, -0.2) is 0 Å². The molecule has 2 unspecified atom stereocenters. The van der Waals surface area contributed by atoms with E-state index in [-0.39, 0.29) is 35.8 Å². The summed E-state index contributed by atoms with van der Waals surface area (Å²) in [6, 6.07) is 8.73. The summed E-state index contributed by atoms with van der Waals surface area (Å²) in [4.78, 5) is 4.85. The molecular formula is C18H19BrN2O. The number of nitrogens with zero attached hydrogens (tertiary/aromatic N) is 2. The maximum Gasteiger partial charge on any atom is 0.163 e. The van der Waals surface area contributed by atoms with E-state index in [4.69, 9.17) is 0 Å². The van der Waals surface area contributed by atoms with Crippen molar-refractivity contribution in [2.24, 2.45) is 0 Å². The van der Waals surface area contributed by atoms with E-state index in [2.05, 4.69) is 59.2 Å². The first-order valence-corrected chi connectivity index (χ1v) is 7.54. The highest BCUT2D eigenvalue weighted by Gasteiger charge is 2.47. The lowest BCUT2D eigenvalue weighted by atomic mass is 9.86. The fourth-order valence-corrected chi connectivity index (χ4v) is 3.65. The third-order valence-electron chi connectivity index (χ3n) is 4.69. The van der Waals surface area contributed by atoms with Gasteiger partial charge in [0, 0.05) is 37.4 Å². The summed E-state index contributed by atoms with van der Waals surface area (Å²) in [6.07, 6.45) is 9.88. The molecule has 0 radical (unpaired) electrons. The highest BCUT2D eigenvalue weighted by Crippen LogP contribution is 2.45. The van der Waals surface area contributed by atoms with Crippen molar-refractivity contribution >= 4 is 11.3 Å². The molecule has 4 rings (SSSR count). The van der Waals surface area contributed by atoms with Gasteiger partial charge in [0.15, 0.2) is 5.57 Å². The van der Waals surface area contributed by atoms with E-state index < -0.39 is 0 Å². The summed E-state index contributed by atoms with van der Waals surface area (Å²) in [6.45, 7) is 4.27. The second-order valence-corrected chi connectivity index (χ2v) is 5.85. The number of aliphatic hydroxyl groups excluding tert-OH is 1. The number of hydrogen-bond acceptors (Lipinski definition) is 3. The van der Waals surface area contributed by atoms with Gasteiger partial charge in [-0.3, -0.25) is 4.90 Å². The van der Waals surface area contributed by atoms with Crippen molar-refractivity contribution in [3.05, 3.63) is 59.7 Å². The van der Waals surface area contributed by atoms with Crippen LogP contribution in [0.1, 0.15) is 12.5 Å². The Morgan fingerprint density at radius 2 is 2.14 bits per heavy atom. The van der Waals surface area contributed by atoms with Crippen LogP contribution in [0.3, 0.4) is 0 Å². The summed E-state index contributed by atoms with van der Waals surface area (Å²) in [7, 11) is 0. The maximum absolute atomic E-state index is 9.56. The Morgan fingerprint density at radius 3 is 2.95 bits per heavy atom. The largest absolute Gasteiger partial charge is 1.00 e. The van der Waals surface area contributed by atoms with Gasteiger partial charge < -0.3 is 27.0 Å². The Kier molecular flexibility index (Phi) is 4.20. The SMILES string of the molecule is CC(CO)N1CCN2c3ccccc3C3=[C+]C=CC=C3C21.[Br-]. The van der Waals surface area contributed by atoms with Crippen molar-refractivity contribution in [1.29, 1.82) is 0 Å². The first kappa shape index (κ1) is 15.4. The second kappa shape index (κ2) is 5.98. The molecule has 0 spiro atoms. The molecule has 3 aliphatic rings. The van der Waals surface area contributed by atoms with Gasteiger partial charge in [-0.15, -0.1) is 0 Å². The van der Waals surface area contributed by atoms with Crippen LogP contribution in [0.4, 0.5) is 5.69 Å². The van der Waals surface area contributed by atoms with Crippen molar-refractivity contribution in [1.82, 2.24) is 4.90 Å². The summed E-state index contributed by atoms with van der Waals surface area (Å²) in [5.74, 6) is 0. The van der Waals surface area contributed by atoms with Crippen LogP contribution < -0.4 is 21.9 Å². The molecule has 114 valence electrons. The molecule has 3 nitrogen and oxygen atoms in total. The maximum atomic E-state index is 9.56. The lowest BCUT2D eigenvalue weighted by Crippen LogP contribution is -3.00. The standard InChI is InChI=1S/C18H19N2O.BrH/c1-13(12-21)19-10-11-20-17-9-5-4-7-15(17)14-6-2-3-8-16(14)18(19)20;/h2-5,7-9,13,18,21H,10-12H2,1H3;1H/q+1;/p-1. The van der Waals surface area contributed by atoms with Crippen LogP contribution in [-0.4, -0.2) is 41.9 Å². The molecule has 1 aromatic carbocycles. The van der Waals surface area contributed by atoms with Crippen LogP contribution >= 0.6 is 0 Å². The van der Waals surface area contributed by atoms with Gasteiger partial charge in [0.25, 0.3) is 0 Å². The van der Waals surface area contributed by atoms with Crippen molar-refractivity contribution in [2.75, 3.05) is 24.6 Å². The molecule has 1 aromatic rings. The van der Waals surface area contributed by atoms with E-state index in [0.717, 1.165) is 13.1 Å². The summed E-state index contributed by atoms with van der Waals surface area (Å²) in [5, 5.41) is 9.56. The average molecular weight is 359 g/mol. The van der Waals surface area contributed by atoms with Gasteiger partial charge in [-0.2, -0.15) is 0 Å². The van der Waals surface area contributed by atoms with E-state index in [1.807, 2.05) is 6.08 Å². The zero-order chi connectivity index (χ0) is 14.4. The molecular weight excluding hydrogens is 340 g/mol. The smallest absolute Gasteiger partial charge is 0.163 e. The van der Waals surface area contributed by atoms with E-state index in [1.165, 1.54) is 22.4 Å². The van der Waals surface area contributed by atoms with Gasteiger partial charge in [-0.05, 0) is 19.1 Å². The van der Waals surface area contributed by atoms with Crippen LogP contribution in [0.2, 0.25) is 0 Å². The molecule has 1 N–H and O–H groups in total. The summed E-state index contributed by atoms with van der Waals surface area (Å²) >= 11 is 0. The minimum Gasteiger partial charge on any atom is -1.00 e. The fourth-order valence-electron chi connectivity index (χ4n) is 3.65. The molecule has 1 aliphatic carbocycles. The van der Waals surface area contributed by atoms with Crippen LogP contribution in [0.25, 0.3) is 5.57 Å². The Balaban J connectivity index is 0.00000144. The molecule has 0 bridgehead atoms. The summed E-state index contributed by atoms with van der Waals surface area (Å²) in [5.41, 5.74) is 5.05. The van der Waals surface area contributed by atoms with E-state index in [1.54, 1.807) is 0 Å². The highest BCUT2D eigenvalue weighted by molar-refractivity contribution is 5.91. The van der Waals surface area contributed by atoms with Gasteiger partial charge in [0.1, 0.15) is 6.17 Å². The predicted molar refractivity (Wildman–Crippen MR) is 84.7 cm³/mol. The lowest BCUT2D eigenvalue weighted by Gasteiger charge is -2.37. The van der Waals surface area contributed by atoms with Crippen LogP contribution in [0.15, 0.2) is 48.1 Å². The Labute approximate surface area is 142 Å². The first-order valence-electron chi connectivity index (χ1n) is 7.54.